The van der Waals surface area contributed by atoms with Crippen LogP contribution in [0.3, 0.4) is 0 Å². The molecule has 0 N–H and O–H groups in total. The predicted molar refractivity (Wildman–Crippen MR) is 154 cm³/mol. The Bertz CT molecular complexity index is 1460. The third-order valence-corrected chi connectivity index (χ3v) is 9.15. The second-order valence-electron chi connectivity index (χ2n) is 9.28. The summed E-state index contributed by atoms with van der Waals surface area (Å²) >= 11 is 20.3. The molecule has 3 nitrogen and oxygen atoms in total. The van der Waals surface area contributed by atoms with Crippen LogP contribution in [0.1, 0.15) is 35.0 Å². The lowest BCUT2D eigenvalue weighted by molar-refractivity contribution is -0.124. The van der Waals surface area contributed by atoms with Crippen molar-refractivity contribution in [3.8, 4) is 21.6 Å². The minimum Gasteiger partial charge on any atom is -0.338 e. The number of thiophene rings is 1. The van der Waals surface area contributed by atoms with Gasteiger partial charge in [-0.15, -0.1) is 11.3 Å². The molecule has 0 atom stereocenters. The molecule has 1 amide bonds. The summed E-state index contributed by atoms with van der Waals surface area (Å²) in [6.07, 6.45) is 1.20. The quantitative estimate of drug-likeness (QED) is 0.241. The van der Waals surface area contributed by atoms with E-state index >= 15 is 0 Å². The molecule has 0 spiro atoms. The lowest BCUT2D eigenvalue weighted by Gasteiger charge is -2.40. The van der Waals surface area contributed by atoms with Crippen molar-refractivity contribution >= 4 is 57.8 Å². The van der Waals surface area contributed by atoms with Gasteiger partial charge in [-0.05, 0) is 61.2 Å². The third kappa shape index (κ3) is 5.08. The zero-order valence-electron chi connectivity index (χ0n) is 20.1. The summed E-state index contributed by atoms with van der Waals surface area (Å²) in [6.45, 7) is 2.68. The summed E-state index contributed by atoms with van der Waals surface area (Å²) in [4.78, 5) is 29.9. The van der Waals surface area contributed by atoms with Gasteiger partial charge in [-0.3, -0.25) is 9.59 Å². The molecule has 0 saturated carbocycles. The van der Waals surface area contributed by atoms with E-state index in [1.165, 1.54) is 11.3 Å². The first-order chi connectivity index (χ1) is 17.8. The number of ketones is 1. The number of carbonyl (C=O) groups excluding carboxylic acids is 2. The average Bonchev–Trinajstić information content (AvgIpc) is 3.34. The second-order valence-corrected chi connectivity index (χ2v) is 11.6. The van der Waals surface area contributed by atoms with Gasteiger partial charge in [0.05, 0.1) is 10.3 Å². The fourth-order valence-corrected chi connectivity index (χ4v) is 6.85. The first-order valence-corrected chi connectivity index (χ1v) is 13.9. The summed E-state index contributed by atoms with van der Waals surface area (Å²) in [6, 6.07) is 24.8. The SMILES string of the molecule is CC(=O)C1(c2ccccc2)CCN(C(=O)c2cc(-c3ccc(Cl)cc3Cl)c(-c3ccc(Cl)cc3)s2)CC1. The molecule has 1 fully saturated rings. The zero-order valence-corrected chi connectivity index (χ0v) is 23.2. The fourth-order valence-electron chi connectivity index (χ4n) is 5.07. The van der Waals surface area contributed by atoms with Crippen LogP contribution < -0.4 is 0 Å². The Labute approximate surface area is 235 Å². The van der Waals surface area contributed by atoms with Gasteiger partial charge >= 0.3 is 0 Å². The Kier molecular flexibility index (Phi) is 7.46. The van der Waals surface area contributed by atoms with Gasteiger partial charge in [0.25, 0.3) is 5.91 Å². The van der Waals surface area contributed by atoms with Crippen molar-refractivity contribution in [2.24, 2.45) is 0 Å². The smallest absolute Gasteiger partial charge is 0.263 e. The molecule has 0 aliphatic carbocycles. The van der Waals surface area contributed by atoms with Gasteiger partial charge < -0.3 is 4.90 Å². The first kappa shape index (κ1) is 26.0. The van der Waals surface area contributed by atoms with Gasteiger partial charge in [0, 0.05) is 44.2 Å². The lowest BCUT2D eigenvalue weighted by atomic mass is 9.70. The molecular formula is C30H24Cl3NO2S. The number of Topliss-reactive ketones (excluding diaryl/α,β-unsaturated/α-hetero) is 1. The van der Waals surface area contributed by atoms with Gasteiger partial charge in [-0.25, -0.2) is 0 Å². The van der Waals surface area contributed by atoms with Crippen molar-refractivity contribution in [1.82, 2.24) is 4.90 Å². The maximum absolute atomic E-state index is 13.7. The molecule has 1 aromatic heterocycles. The highest BCUT2D eigenvalue weighted by Gasteiger charge is 2.41. The summed E-state index contributed by atoms with van der Waals surface area (Å²) < 4.78 is 0. The van der Waals surface area contributed by atoms with E-state index in [0.717, 1.165) is 27.1 Å². The van der Waals surface area contributed by atoms with E-state index in [2.05, 4.69) is 0 Å². The number of likely N-dealkylation sites (tertiary alicyclic amines) is 1. The largest absolute Gasteiger partial charge is 0.338 e. The van der Waals surface area contributed by atoms with Crippen LogP contribution in [0.5, 0.6) is 0 Å². The van der Waals surface area contributed by atoms with Gasteiger partial charge in [-0.2, -0.15) is 0 Å². The number of nitrogens with zero attached hydrogens (tertiary/aromatic N) is 1. The topological polar surface area (TPSA) is 37.4 Å². The number of piperidine rings is 1. The Balaban J connectivity index is 1.47. The summed E-state index contributed by atoms with van der Waals surface area (Å²) in [5.74, 6) is 0.105. The number of hydrogen-bond donors (Lipinski definition) is 0. The van der Waals surface area contributed by atoms with Crippen molar-refractivity contribution < 1.29 is 9.59 Å². The van der Waals surface area contributed by atoms with Gasteiger partial charge in [0.2, 0.25) is 0 Å². The average molecular weight is 569 g/mol. The number of rotatable bonds is 5. The summed E-state index contributed by atoms with van der Waals surface area (Å²) in [5, 5.41) is 1.71. The number of amides is 1. The molecule has 5 rings (SSSR count). The number of carbonyl (C=O) groups is 2. The van der Waals surface area contributed by atoms with E-state index in [0.29, 0.717) is 45.9 Å². The normalized spacial score (nSPS) is 15.0. The molecule has 1 aliphatic rings. The minimum absolute atomic E-state index is 0.0400. The highest BCUT2D eigenvalue weighted by molar-refractivity contribution is 7.18. The molecule has 7 heteroatoms. The van der Waals surface area contributed by atoms with Crippen molar-refractivity contribution in [2.45, 2.75) is 25.2 Å². The summed E-state index contributed by atoms with van der Waals surface area (Å²) in [5.41, 5.74) is 3.11. The van der Waals surface area contributed by atoms with Gasteiger partial charge in [-0.1, -0.05) is 83.3 Å². The van der Waals surface area contributed by atoms with Crippen molar-refractivity contribution in [2.75, 3.05) is 13.1 Å². The molecule has 188 valence electrons. The molecule has 4 aromatic rings. The van der Waals surface area contributed by atoms with Crippen molar-refractivity contribution in [1.29, 1.82) is 0 Å². The van der Waals surface area contributed by atoms with Crippen LogP contribution in [-0.2, 0) is 10.2 Å². The molecule has 37 heavy (non-hydrogen) atoms. The van der Waals surface area contributed by atoms with E-state index in [1.807, 2.05) is 71.6 Å². The van der Waals surface area contributed by atoms with Gasteiger partial charge in [0.15, 0.2) is 0 Å². The van der Waals surface area contributed by atoms with Crippen LogP contribution in [0.15, 0.2) is 78.9 Å². The van der Waals surface area contributed by atoms with Crippen LogP contribution in [0, 0.1) is 0 Å². The summed E-state index contributed by atoms with van der Waals surface area (Å²) in [7, 11) is 0. The monoisotopic (exact) mass is 567 g/mol. The zero-order chi connectivity index (χ0) is 26.2. The Hall–Kier alpha value is -2.63. The second kappa shape index (κ2) is 10.6. The Morgan fingerprint density at radius 1 is 0.811 bits per heavy atom. The molecule has 0 unspecified atom stereocenters. The van der Waals surface area contributed by atoms with E-state index in [-0.39, 0.29) is 11.7 Å². The van der Waals surface area contributed by atoms with E-state index in [9.17, 15) is 9.59 Å². The lowest BCUT2D eigenvalue weighted by Crippen LogP contribution is -2.48. The van der Waals surface area contributed by atoms with Crippen LogP contribution in [-0.4, -0.2) is 29.7 Å². The van der Waals surface area contributed by atoms with Gasteiger partial charge in [0.1, 0.15) is 5.78 Å². The van der Waals surface area contributed by atoms with E-state index in [1.54, 1.807) is 19.1 Å². The maximum atomic E-state index is 13.7. The third-order valence-electron chi connectivity index (χ3n) is 7.18. The maximum Gasteiger partial charge on any atom is 0.263 e. The number of hydrogen-bond acceptors (Lipinski definition) is 3. The predicted octanol–water partition coefficient (Wildman–Crippen LogP) is 8.81. The van der Waals surface area contributed by atoms with E-state index < -0.39 is 5.41 Å². The molecule has 1 saturated heterocycles. The number of halogens is 3. The molecule has 0 bridgehead atoms. The standard InChI is InChI=1S/C30H24Cl3NO2S/c1-19(35)30(21-5-3-2-4-6-21)13-15-34(16-14-30)29(36)27-18-25(24-12-11-23(32)17-26(24)33)28(37-27)20-7-9-22(31)10-8-20/h2-12,17-18H,13-16H2,1H3. The highest BCUT2D eigenvalue weighted by Crippen LogP contribution is 2.44. The molecule has 3 aromatic carbocycles. The molecule has 0 radical (unpaired) electrons. The fraction of sp³-hybridized carbons (Fsp3) is 0.200. The highest BCUT2D eigenvalue weighted by atomic mass is 35.5. The van der Waals surface area contributed by atoms with Crippen LogP contribution in [0.2, 0.25) is 15.1 Å². The first-order valence-electron chi connectivity index (χ1n) is 12.0. The van der Waals surface area contributed by atoms with Crippen molar-refractivity contribution in [3.05, 3.63) is 104 Å². The molecular weight excluding hydrogens is 545 g/mol. The molecule has 1 aliphatic heterocycles. The Morgan fingerprint density at radius 3 is 2.08 bits per heavy atom. The Morgan fingerprint density at radius 2 is 1.46 bits per heavy atom. The van der Waals surface area contributed by atoms with Crippen LogP contribution in [0.4, 0.5) is 0 Å². The van der Waals surface area contributed by atoms with Crippen molar-refractivity contribution in [3.63, 3.8) is 0 Å². The van der Waals surface area contributed by atoms with Crippen LogP contribution in [0.25, 0.3) is 21.6 Å². The van der Waals surface area contributed by atoms with E-state index in [4.69, 9.17) is 34.8 Å². The van der Waals surface area contributed by atoms with Crippen LogP contribution >= 0.6 is 46.1 Å². The molecule has 2 heterocycles. The number of benzene rings is 3. The minimum atomic E-state index is -0.552.